The number of thiophene rings is 1. The fourth-order valence-corrected chi connectivity index (χ4v) is 4.74. The van der Waals surface area contributed by atoms with Crippen LogP contribution < -0.4 is 10.9 Å². The van der Waals surface area contributed by atoms with Crippen LogP contribution in [0.25, 0.3) is 0 Å². The Hall–Kier alpha value is -1.96. The summed E-state index contributed by atoms with van der Waals surface area (Å²) in [6.45, 7) is 7.47. The van der Waals surface area contributed by atoms with Crippen molar-refractivity contribution in [1.29, 1.82) is 0 Å². The van der Waals surface area contributed by atoms with E-state index in [1.54, 1.807) is 22.1 Å². The van der Waals surface area contributed by atoms with Gasteiger partial charge in [0.1, 0.15) is 5.56 Å². The number of carbonyl (C=O) groups is 1. The van der Waals surface area contributed by atoms with E-state index in [-0.39, 0.29) is 29.1 Å². The average molecular weight is 417 g/mol. The molecular formula is C22H32N4O2S. The topological polar surface area (TPSA) is 57.6 Å². The Morgan fingerprint density at radius 1 is 1.31 bits per heavy atom. The molecule has 1 aliphatic heterocycles. The third-order valence-electron chi connectivity index (χ3n) is 5.54. The van der Waals surface area contributed by atoms with Crippen molar-refractivity contribution in [2.45, 2.75) is 45.3 Å². The largest absolute Gasteiger partial charge is 0.349 e. The lowest BCUT2D eigenvalue weighted by Crippen LogP contribution is -2.46. The second-order valence-electron chi connectivity index (χ2n) is 8.30. The molecule has 29 heavy (non-hydrogen) atoms. The van der Waals surface area contributed by atoms with Gasteiger partial charge in [0.15, 0.2) is 0 Å². The number of piperidine rings is 1. The summed E-state index contributed by atoms with van der Waals surface area (Å²) in [6, 6.07) is 6.24. The van der Waals surface area contributed by atoms with Crippen LogP contribution in [0, 0.1) is 6.92 Å². The van der Waals surface area contributed by atoms with E-state index in [9.17, 15) is 9.59 Å². The third kappa shape index (κ3) is 5.56. The van der Waals surface area contributed by atoms with Gasteiger partial charge < -0.3 is 14.8 Å². The zero-order chi connectivity index (χ0) is 21.0. The summed E-state index contributed by atoms with van der Waals surface area (Å²) >= 11 is 1.78. The molecule has 3 heterocycles. The quantitative estimate of drug-likeness (QED) is 0.754. The molecule has 1 aliphatic rings. The Morgan fingerprint density at radius 2 is 2.03 bits per heavy atom. The van der Waals surface area contributed by atoms with Crippen LogP contribution in [0.3, 0.4) is 0 Å². The van der Waals surface area contributed by atoms with E-state index in [0.717, 1.165) is 44.6 Å². The number of likely N-dealkylation sites (N-methyl/N-ethyl adjacent to an activating group) is 1. The number of likely N-dealkylation sites (tertiary alicyclic amines) is 1. The van der Waals surface area contributed by atoms with E-state index in [1.165, 1.54) is 4.88 Å². The molecule has 1 saturated heterocycles. The van der Waals surface area contributed by atoms with Gasteiger partial charge in [0.25, 0.3) is 11.5 Å². The SMILES string of the molecule is Cc1ccn(C(C)CN(C)C)c(=O)c1C(=O)NC1CCN(Cc2cccs2)CC1. The van der Waals surface area contributed by atoms with E-state index in [2.05, 4.69) is 27.7 Å². The first-order valence-electron chi connectivity index (χ1n) is 10.3. The Labute approximate surface area is 177 Å². The molecular weight excluding hydrogens is 384 g/mol. The van der Waals surface area contributed by atoms with Gasteiger partial charge in [0.2, 0.25) is 0 Å². The number of aryl methyl sites for hydroxylation is 1. The van der Waals surface area contributed by atoms with Crippen molar-refractivity contribution < 1.29 is 4.79 Å². The molecule has 1 N–H and O–H groups in total. The highest BCUT2D eigenvalue weighted by molar-refractivity contribution is 7.09. The van der Waals surface area contributed by atoms with Gasteiger partial charge in [-0.15, -0.1) is 11.3 Å². The van der Waals surface area contributed by atoms with Gasteiger partial charge in [0, 0.05) is 49.3 Å². The van der Waals surface area contributed by atoms with Crippen molar-refractivity contribution in [1.82, 2.24) is 19.7 Å². The number of rotatable bonds is 7. The molecule has 2 aromatic rings. The second-order valence-corrected chi connectivity index (χ2v) is 9.33. The van der Waals surface area contributed by atoms with Gasteiger partial charge in [-0.05, 0) is 63.9 Å². The predicted octanol–water partition coefficient (Wildman–Crippen LogP) is 2.74. The standard InChI is InChI=1S/C22H32N4O2S/c1-16-7-12-26(17(2)14-24(3)4)22(28)20(16)21(27)23-18-8-10-25(11-9-18)15-19-6-5-13-29-19/h5-7,12-13,17-18H,8-11,14-15H2,1-4H3,(H,23,27). The Kier molecular flexibility index (Phi) is 7.27. The summed E-state index contributed by atoms with van der Waals surface area (Å²) in [4.78, 5) is 31.8. The van der Waals surface area contributed by atoms with Gasteiger partial charge in [-0.1, -0.05) is 6.07 Å². The summed E-state index contributed by atoms with van der Waals surface area (Å²) < 4.78 is 1.67. The van der Waals surface area contributed by atoms with Crippen molar-refractivity contribution in [3.8, 4) is 0 Å². The van der Waals surface area contributed by atoms with Gasteiger partial charge in [-0.3, -0.25) is 14.5 Å². The summed E-state index contributed by atoms with van der Waals surface area (Å²) in [7, 11) is 3.96. The molecule has 0 saturated carbocycles. The smallest absolute Gasteiger partial charge is 0.263 e. The van der Waals surface area contributed by atoms with E-state index in [4.69, 9.17) is 0 Å². The first-order valence-corrected chi connectivity index (χ1v) is 11.1. The number of hydrogen-bond donors (Lipinski definition) is 1. The van der Waals surface area contributed by atoms with Crippen LogP contribution in [-0.2, 0) is 6.54 Å². The van der Waals surface area contributed by atoms with Gasteiger partial charge in [-0.25, -0.2) is 0 Å². The average Bonchev–Trinajstić information content (AvgIpc) is 3.16. The normalized spacial score (nSPS) is 16.9. The number of aromatic nitrogens is 1. The molecule has 1 fully saturated rings. The fraction of sp³-hybridized carbons (Fsp3) is 0.545. The van der Waals surface area contributed by atoms with E-state index in [0.29, 0.717) is 0 Å². The number of amides is 1. The Bertz CT molecular complexity index is 867. The molecule has 0 aromatic carbocycles. The lowest BCUT2D eigenvalue weighted by Gasteiger charge is -2.32. The maximum absolute atomic E-state index is 13.0. The van der Waals surface area contributed by atoms with E-state index in [1.807, 2.05) is 38.9 Å². The van der Waals surface area contributed by atoms with Crippen molar-refractivity contribution in [3.05, 3.63) is 56.1 Å². The van der Waals surface area contributed by atoms with Crippen LogP contribution in [0.1, 0.15) is 46.6 Å². The molecule has 6 nitrogen and oxygen atoms in total. The molecule has 1 atom stereocenters. The van der Waals surface area contributed by atoms with Crippen LogP contribution in [-0.4, -0.2) is 60.0 Å². The fourth-order valence-electron chi connectivity index (χ4n) is 4.00. The predicted molar refractivity (Wildman–Crippen MR) is 119 cm³/mol. The van der Waals surface area contributed by atoms with Gasteiger partial charge >= 0.3 is 0 Å². The zero-order valence-electron chi connectivity index (χ0n) is 17.9. The minimum absolute atomic E-state index is 0.00476. The summed E-state index contributed by atoms with van der Waals surface area (Å²) in [5.41, 5.74) is 0.807. The number of pyridine rings is 1. The highest BCUT2D eigenvalue weighted by Crippen LogP contribution is 2.17. The Balaban J connectivity index is 1.63. The van der Waals surface area contributed by atoms with Gasteiger partial charge in [-0.2, -0.15) is 0 Å². The highest BCUT2D eigenvalue weighted by atomic mass is 32.1. The molecule has 2 aromatic heterocycles. The maximum atomic E-state index is 13.0. The molecule has 158 valence electrons. The lowest BCUT2D eigenvalue weighted by molar-refractivity contribution is 0.0906. The van der Waals surface area contributed by atoms with E-state index >= 15 is 0 Å². The molecule has 0 aliphatic carbocycles. The minimum Gasteiger partial charge on any atom is -0.349 e. The van der Waals surface area contributed by atoms with Crippen LogP contribution in [0.15, 0.2) is 34.6 Å². The first kappa shape index (κ1) is 21.7. The second kappa shape index (κ2) is 9.69. The zero-order valence-corrected chi connectivity index (χ0v) is 18.7. The van der Waals surface area contributed by atoms with Crippen LogP contribution in [0.5, 0.6) is 0 Å². The molecule has 1 amide bonds. The number of nitrogens with one attached hydrogen (secondary N) is 1. The summed E-state index contributed by atoms with van der Waals surface area (Å²) in [6.07, 6.45) is 3.62. The Morgan fingerprint density at radius 3 is 2.66 bits per heavy atom. The van der Waals surface area contributed by atoms with Crippen LogP contribution >= 0.6 is 11.3 Å². The van der Waals surface area contributed by atoms with Crippen molar-refractivity contribution >= 4 is 17.2 Å². The number of carbonyl (C=O) groups excluding carboxylic acids is 1. The molecule has 0 spiro atoms. The lowest BCUT2D eigenvalue weighted by atomic mass is 10.0. The summed E-state index contributed by atoms with van der Waals surface area (Å²) in [5.74, 6) is -0.240. The highest BCUT2D eigenvalue weighted by Gasteiger charge is 2.24. The molecule has 7 heteroatoms. The van der Waals surface area contributed by atoms with Crippen molar-refractivity contribution in [2.24, 2.45) is 0 Å². The molecule has 0 bridgehead atoms. The van der Waals surface area contributed by atoms with Crippen molar-refractivity contribution in [3.63, 3.8) is 0 Å². The van der Waals surface area contributed by atoms with Crippen LogP contribution in [0.4, 0.5) is 0 Å². The summed E-state index contributed by atoms with van der Waals surface area (Å²) in [5, 5.41) is 5.22. The molecule has 1 unspecified atom stereocenters. The molecule has 3 rings (SSSR count). The van der Waals surface area contributed by atoms with Gasteiger partial charge in [0.05, 0.1) is 0 Å². The minimum atomic E-state index is -0.240. The number of hydrogen-bond acceptors (Lipinski definition) is 5. The first-order chi connectivity index (χ1) is 13.8. The van der Waals surface area contributed by atoms with E-state index < -0.39 is 0 Å². The monoisotopic (exact) mass is 416 g/mol. The maximum Gasteiger partial charge on any atom is 0.263 e. The van der Waals surface area contributed by atoms with Crippen LogP contribution in [0.2, 0.25) is 0 Å². The number of nitrogens with zero attached hydrogens (tertiary/aromatic N) is 3. The molecule has 0 radical (unpaired) electrons. The van der Waals surface area contributed by atoms with Crippen molar-refractivity contribution in [2.75, 3.05) is 33.7 Å². The third-order valence-corrected chi connectivity index (χ3v) is 6.40.